The largest absolute Gasteiger partial charge is 0.481 e. The van der Waals surface area contributed by atoms with Gasteiger partial charge in [-0.25, -0.2) is 0 Å². The van der Waals surface area contributed by atoms with Crippen LogP contribution in [0.3, 0.4) is 0 Å². The van der Waals surface area contributed by atoms with Crippen LogP contribution in [0.15, 0.2) is 0 Å². The second kappa shape index (κ2) is 4.52. The van der Waals surface area contributed by atoms with E-state index in [0.29, 0.717) is 0 Å². The molecule has 1 saturated carbocycles. The van der Waals surface area contributed by atoms with E-state index in [2.05, 4.69) is 18.9 Å². The molecule has 0 bridgehead atoms. The van der Waals surface area contributed by atoms with Crippen LogP contribution in [0.1, 0.15) is 33.6 Å². The first kappa shape index (κ1) is 12.5. The molecule has 88 valence electrons. The summed E-state index contributed by atoms with van der Waals surface area (Å²) >= 11 is 0. The fourth-order valence-electron chi connectivity index (χ4n) is 1.72. The van der Waals surface area contributed by atoms with Crippen LogP contribution < -0.4 is 0 Å². The highest BCUT2D eigenvalue weighted by molar-refractivity contribution is 5.73. The molecule has 3 nitrogen and oxygen atoms in total. The summed E-state index contributed by atoms with van der Waals surface area (Å²) < 4.78 is 0. The van der Waals surface area contributed by atoms with Crippen LogP contribution in [0.2, 0.25) is 0 Å². The van der Waals surface area contributed by atoms with Crippen LogP contribution in [0, 0.1) is 17.3 Å². The third kappa shape index (κ3) is 3.82. The van der Waals surface area contributed by atoms with E-state index >= 15 is 0 Å². The Bertz CT molecular complexity index is 238. The first-order chi connectivity index (χ1) is 6.83. The zero-order chi connectivity index (χ0) is 11.6. The van der Waals surface area contributed by atoms with Crippen molar-refractivity contribution in [2.24, 2.45) is 17.3 Å². The van der Waals surface area contributed by atoms with Crippen molar-refractivity contribution in [1.29, 1.82) is 0 Å². The summed E-state index contributed by atoms with van der Waals surface area (Å²) in [5.41, 5.74) is -0.594. The van der Waals surface area contributed by atoms with Crippen molar-refractivity contribution >= 4 is 5.97 Å². The molecule has 0 spiro atoms. The molecule has 0 radical (unpaired) electrons. The van der Waals surface area contributed by atoms with Gasteiger partial charge in [0.25, 0.3) is 0 Å². The number of carbonyl (C=O) groups is 1. The lowest BCUT2D eigenvalue weighted by Gasteiger charge is -2.23. The zero-order valence-electron chi connectivity index (χ0n) is 10.3. The molecule has 2 unspecified atom stereocenters. The van der Waals surface area contributed by atoms with Crippen molar-refractivity contribution in [3.05, 3.63) is 0 Å². The van der Waals surface area contributed by atoms with Crippen LogP contribution in [-0.2, 0) is 4.79 Å². The van der Waals surface area contributed by atoms with Gasteiger partial charge in [-0.1, -0.05) is 6.92 Å². The Morgan fingerprint density at radius 3 is 2.47 bits per heavy atom. The molecule has 0 aromatic rings. The smallest absolute Gasteiger partial charge is 0.309 e. The molecule has 0 aromatic heterocycles. The molecule has 1 aliphatic rings. The Balaban J connectivity index is 2.21. The van der Waals surface area contributed by atoms with Crippen LogP contribution in [0.4, 0.5) is 0 Å². The van der Waals surface area contributed by atoms with Crippen LogP contribution >= 0.6 is 0 Å². The van der Waals surface area contributed by atoms with Crippen molar-refractivity contribution in [3.63, 3.8) is 0 Å². The van der Waals surface area contributed by atoms with E-state index in [0.717, 1.165) is 31.3 Å². The molecule has 1 N–H and O–H groups in total. The lowest BCUT2D eigenvalue weighted by molar-refractivity contribution is -0.147. The lowest BCUT2D eigenvalue weighted by Crippen LogP contribution is -2.31. The van der Waals surface area contributed by atoms with Crippen LogP contribution in [0.5, 0.6) is 0 Å². The van der Waals surface area contributed by atoms with Crippen LogP contribution in [0.25, 0.3) is 0 Å². The minimum absolute atomic E-state index is 0.594. The Hall–Kier alpha value is -0.570. The second-order valence-corrected chi connectivity index (χ2v) is 5.67. The van der Waals surface area contributed by atoms with E-state index in [1.165, 1.54) is 6.42 Å². The highest BCUT2D eigenvalue weighted by Gasteiger charge is 2.33. The average molecular weight is 213 g/mol. The molecule has 1 aliphatic carbocycles. The van der Waals surface area contributed by atoms with Gasteiger partial charge in [0.2, 0.25) is 0 Å². The quantitative estimate of drug-likeness (QED) is 0.734. The molecule has 0 aromatic carbocycles. The van der Waals surface area contributed by atoms with E-state index in [4.69, 9.17) is 5.11 Å². The summed E-state index contributed by atoms with van der Waals surface area (Å²) in [5, 5.41) is 8.97. The Kier molecular flexibility index (Phi) is 3.77. The highest BCUT2D eigenvalue weighted by atomic mass is 16.4. The third-order valence-electron chi connectivity index (χ3n) is 3.52. The molecule has 1 fully saturated rings. The molecule has 1 rings (SSSR count). The first-order valence-electron chi connectivity index (χ1n) is 5.75. The van der Waals surface area contributed by atoms with Crippen molar-refractivity contribution in [1.82, 2.24) is 4.90 Å². The second-order valence-electron chi connectivity index (χ2n) is 5.67. The number of hydrogen-bond acceptors (Lipinski definition) is 2. The SMILES string of the molecule is CC1CC1CN(C)CCC(C)(C)C(=O)O. The molecule has 3 heteroatoms. The monoisotopic (exact) mass is 213 g/mol. The molecule has 0 amide bonds. The average Bonchev–Trinajstić information content (AvgIpc) is 2.78. The van der Waals surface area contributed by atoms with Gasteiger partial charge in [0.05, 0.1) is 5.41 Å². The normalized spacial score (nSPS) is 25.7. The Labute approximate surface area is 92.5 Å². The summed E-state index contributed by atoms with van der Waals surface area (Å²) in [6.45, 7) is 7.87. The number of nitrogens with zero attached hydrogens (tertiary/aromatic N) is 1. The summed E-state index contributed by atoms with van der Waals surface area (Å²) in [6, 6.07) is 0. The zero-order valence-corrected chi connectivity index (χ0v) is 10.3. The summed E-state index contributed by atoms with van der Waals surface area (Å²) in [7, 11) is 2.09. The van der Waals surface area contributed by atoms with E-state index < -0.39 is 11.4 Å². The maximum absolute atomic E-state index is 10.9. The van der Waals surface area contributed by atoms with E-state index in [9.17, 15) is 4.79 Å². The lowest BCUT2D eigenvalue weighted by atomic mass is 9.89. The molecule has 0 saturated heterocycles. The standard InChI is InChI=1S/C12H23NO2/c1-9-7-10(9)8-13(4)6-5-12(2,3)11(14)15/h9-10H,5-8H2,1-4H3,(H,14,15). The molecular formula is C12H23NO2. The fourth-order valence-corrected chi connectivity index (χ4v) is 1.72. The van der Waals surface area contributed by atoms with E-state index in [1.54, 1.807) is 13.8 Å². The number of hydrogen-bond donors (Lipinski definition) is 1. The van der Waals surface area contributed by atoms with Gasteiger partial charge < -0.3 is 10.0 Å². The summed E-state index contributed by atoms with van der Waals surface area (Å²) in [6.07, 6.45) is 2.06. The van der Waals surface area contributed by atoms with Gasteiger partial charge in [-0.3, -0.25) is 4.79 Å². The van der Waals surface area contributed by atoms with E-state index in [1.807, 2.05) is 0 Å². The molecule has 0 aliphatic heterocycles. The summed E-state index contributed by atoms with van der Waals surface area (Å²) in [5.74, 6) is 1.03. The third-order valence-corrected chi connectivity index (χ3v) is 3.52. The van der Waals surface area contributed by atoms with Crippen molar-refractivity contribution in [2.45, 2.75) is 33.6 Å². The predicted octanol–water partition coefficient (Wildman–Crippen LogP) is 2.08. The van der Waals surface area contributed by atoms with E-state index in [-0.39, 0.29) is 0 Å². The van der Waals surface area contributed by atoms with Gasteiger partial charge in [0.15, 0.2) is 0 Å². The van der Waals surface area contributed by atoms with Gasteiger partial charge in [-0.2, -0.15) is 0 Å². The van der Waals surface area contributed by atoms with Crippen molar-refractivity contribution < 1.29 is 9.90 Å². The minimum Gasteiger partial charge on any atom is -0.481 e. The molecular weight excluding hydrogens is 190 g/mol. The number of carboxylic acid groups (broad SMARTS) is 1. The fraction of sp³-hybridized carbons (Fsp3) is 0.917. The van der Waals surface area contributed by atoms with Gasteiger partial charge in [0, 0.05) is 6.54 Å². The van der Waals surface area contributed by atoms with Gasteiger partial charge in [0.1, 0.15) is 0 Å². The van der Waals surface area contributed by atoms with Gasteiger partial charge in [-0.15, -0.1) is 0 Å². The van der Waals surface area contributed by atoms with Gasteiger partial charge >= 0.3 is 5.97 Å². The Morgan fingerprint density at radius 1 is 1.53 bits per heavy atom. The Morgan fingerprint density at radius 2 is 2.07 bits per heavy atom. The van der Waals surface area contributed by atoms with Gasteiger partial charge in [-0.05, 0) is 52.1 Å². The molecule has 15 heavy (non-hydrogen) atoms. The number of carboxylic acids is 1. The molecule has 2 atom stereocenters. The molecule has 0 heterocycles. The van der Waals surface area contributed by atoms with Crippen molar-refractivity contribution in [2.75, 3.05) is 20.1 Å². The number of rotatable bonds is 6. The van der Waals surface area contributed by atoms with Crippen molar-refractivity contribution in [3.8, 4) is 0 Å². The number of aliphatic carboxylic acids is 1. The topological polar surface area (TPSA) is 40.5 Å². The van der Waals surface area contributed by atoms with Crippen LogP contribution in [-0.4, -0.2) is 36.1 Å². The highest BCUT2D eigenvalue weighted by Crippen LogP contribution is 2.38. The maximum Gasteiger partial charge on any atom is 0.309 e. The minimum atomic E-state index is -0.698. The predicted molar refractivity (Wildman–Crippen MR) is 60.8 cm³/mol. The first-order valence-corrected chi connectivity index (χ1v) is 5.75. The summed E-state index contributed by atoms with van der Waals surface area (Å²) in [4.78, 5) is 13.2. The maximum atomic E-state index is 10.9.